The Hall–Kier alpha value is -3.90. The van der Waals surface area contributed by atoms with Crippen molar-refractivity contribution < 1.29 is 14.4 Å². The van der Waals surface area contributed by atoms with E-state index in [0.717, 1.165) is 16.0 Å². The summed E-state index contributed by atoms with van der Waals surface area (Å²) < 4.78 is 0. The van der Waals surface area contributed by atoms with Crippen LogP contribution in [0.1, 0.15) is 21.5 Å². The van der Waals surface area contributed by atoms with Crippen molar-refractivity contribution in [3.8, 4) is 0 Å². The van der Waals surface area contributed by atoms with E-state index >= 15 is 0 Å². The number of nitrogens with one attached hydrogen (secondary N) is 2. The van der Waals surface area contributed by atoms with Crippen LogP contribution in [0.15, 0.2) is 83.5 Å². The Balaban J connectivity index is 1.55. The Bertz CT molecular complexity index is 1270. The molecular weight excluding hydrogens is 426 g/mol. The third-order valence-corrected chi connectivity index (χ3v) is 5.46. The van der Waals surface area contributed by atoms with Gasteiger partial charge in [0, 0.05) is 16.9 Å². The van der Waals surface area contributed by atoms with E-state index in [1.165, 1.54) is 0 Å². The lowest BCUT2D eigenvalue weighted by atomic mass is 10.1. The molecule has 0 fully saturated rings. The van der Waals surface area contributed by atoms with Crippen molar-refractivity contribution in [1.29, 1.82) is 0 Å². The monoisotopic (exact) mass is 445 g/mol. The molecule has 0 saturated carbocycles. The Morgan fingerprint density at radius 1 is 0.875 bits per heavy atom. The Morgan fingerprint density at radius 2 is 1.59 bits per heavy atom. The molecule has 1 heterocycles. The van der Waals surface area contributed by atoms with Crippen molar-refractivity contribution in [1.82, 2.24) is 0 Å². The molecule has 6 nitrogen and oxygen atoms in total. The maximum atomic E-state index is 12.9. The van der Waals surface area contributed by atoms with Gasteiger partial charge in [0.1, 0.15) is 10.7 Å². The van der Waals surface area contributed by atoms with Crippen LogP contribution in [0.4, 0.5) is 17.1 Å². The summed E-state index contributed by atoms with van der Waals surface area (Å²) in [4.78, 5) is 39.3. The van der Waals surface area contributed by atoms with Crippen molar-refractivity contribution in [3.05, 3.63) is 100 Å². The summed E-state index contributed by atoms with van der Waals surface area (Å²) in [6.45, 7) is 3.82. The molecule has 0 bridgehead atoms. The second-order valence-corrected chi connectivity index (χ2v) is 7.82. The summed E-state index contributed by atoms with van der Waals surface area (Å²) in [6, 6.07) is 21.1. The van der Waals surface area contributed by atoms with Crippen molar-refractivity contribution in [2.24, 2.45) is 0 Å². The molecule has 1 aliphatic rings. The van der Waals surface area contributed by atoms with Gasteiger partial charge >= 0.3 is 0 Å². The fourth-order valence-corrected chi connectivity index (χ4v) is 3.54. The van der Waals surface area contributed by atoms with Gasteiger partial charge in [0.2, 0.25) is 0 Å². The highest BCUT2D eigenvalue weighted by Gasteiger charge is 2.38. The number of halogens is 1. The molecule has 160 valence electrons. The van der Waals surface area contributed by atoms with E-state index in [9.17, 15) is 14.4 Å². The highest BCUT2D eigenvalue weighted by atomic mass is 35.5. The first-order valence-electron chi connectivity index (χ1n) is 9.94. The van der Waals surface area contributed by atoms with Crippen LogP contribution in [0.25, 0.3) is 0 Å². The number of amides is 3. The average molecular weight is 446 g/mol. The lowest BCUT2D eigenvalue weighted by molar-refractivity contribution is -0.120. The number of rotatable bonds is 5. The van der Waals surface area contributed by atoms with Crippen molar-refractivity contribution in [2.45, 2.75) is 13.8 Å². The van der Waals surface area contributed by atoms with E-state index in [0.29, 0.717) is 22.6 Å². The van der Waals surface area contributed by atoms with E-state index in [4.69, 9.17) is 11.6 Å². The predicted molar refractivity (Wildman–Crippen MR) is 126 cm³/mol. The number of hydrogen-bond donors (Lipinski definition) is 2. The van der Waals surface area contributed by atoms with Crippen LogP contribution in [-0.2, 0) is 9.59 Å². The topological polar surface area (TPSA) is 78.5 Å². The molecule has 0 radical (unpaired) electrons. The fraction of sp³-hybridized carbons (Fsp3) is 0.0800. The Labute approximate surface area is 190 Å². The number of benzene rings is 3. The Morgan fingerprint density at radius 3 is 2.31 bits per heavy atom. The average Bonchev–Trinajstić information content (AvgIpc) is 2.99. The summed E-state index contributed by atoms with van der Waals surface area (Å²) in [7, 11) is 0. The molecule has 0 spiro atoms. The van der Waals surface area contributed by atoms with Gasteiger partial charge in [0.15, 0.2) is 0 Å². The smallest absolute Gasteiger partial charge is 0.283 e. The third-order valence-electron chi connectivity index (χ3n) is 5.11. The predicted octanol–water partition coefficient (Wildman–Crippen LogP) is 4.99. The SMILES string of the molecule is Cc1ccc(N2C(=O)C(Cl)=C(Nc3cccc(C(=O)Nc4ccccc4C)c3)C2=O)cc1. The first-order valence-corrected chi connectivity index (χ1v) is 10.3. The summed E-state index contributed by atoms with van der Waals surface area (Å²) in [5.74, 6) is -1.45. The second kappa shape index (κ2) is 8.69. The number of hydrogen-bond acceptors (Lipinski definition) is 4. The number of aryl methyl sites for hydroxylation is 2. The second-order valence-electron chi connectivity index (χ2n) is 7.45. The first-order chi connectivity index (χ1) is 15.3. The minimum absolute atomic E-state index is 0.0336. The molecule has 2 N–H and O–H groups in total. The van der Waals surface area contributed by atoms with Gasteiger partial charge in [-0.15, -0.1) is 0 Å². The van der Waals surface area contributed by atoms with Crippen LogP contribution >= 0.6 is 11.6 Å². The zero-order chi connectivity index (χ0) is 22.8. The van der Waals surface area contributed by atoms with Gasteiger partial charge in [0.05, 0.1) is 5.69 Å². The molecule has 0 aromatic heterocycles. The van der Waals surface area contributed by atoms with Crippen LogP contribution in [0, 0.1) is 13.8 Å². The zero-order valence-electron chi connectivity index (χ0n) is 17.5. The van der Waals surface area contributed by atoms with E-state index in [1.807, 2.05) is 50.2 Å². The molecule has 3 aromatic carbocycles. The number of imide groups is 1. The van der Waals surface area contributed by atoms with Crippen LogP contribution in [0.2, 0.25) is 0 Å². The zero-order valence-corrected chi connectivity index (χ0v) is 18.2. The largest absolute Gasteiger partial charge is 0.350 e. The molecule has 0 atom stereocenters. The minimum Gasteiger partial charge on any atom is -0.350 e. The van der Waals surface area contributed by atoms with Crippen LogP contribution in [0.3, 0.4) is 0 Å². The van der Waals surface area contributed by atoms with Gasteiger partial charge in [0.25, 0.3) is 17.7 Å². The van der Waals surface area contributed by atoms with Gasteiger partial charge in [-0.2, -0.15) is 0 Å². The van der Waals surface area contributed by atoms with Crippen LogP contribution in [-0.4, -0.2) is 17.7 Å². The van der Waals surface area contributed by atoms with Crippen LogP contribution < -0.4 is 15.5 Å². The number of para-hydroxylation sites is 1. The molecule has 1 aliphatic heterocycles. The van der Waals surface area contributed by atoms with Crippen molar-refractivity contribution in [2.75, 3.05) is 15.5 Å². The number of carbonyl (C=O) groups is 3. The maximum absolute atomic E-state index is 12.9. The maximum Gasteiger partial charge on any atom is 0.283 e. The summed E-state index contributed by atoms with van der Waals surface area (Å²) in [5, 5.41) is 5.58. The standard InChI is InChI=1S/C25H20ClN3O3/c1-15-10-12-19(13-11-15)29-24(31)21(26)22(25(29)32)27-18-8-5-7-17(14-18)23(30)28-20-9-4-3-6-16(20)2/h3-14,27H,1-2H3,(H,28,30). The summed E-state index contributed by atoms with van der Waals surface area (Å²) in [6.07, 6.45) is 0. The van der Waals surface area contributed by atoms with E-state index in [-0.39, 0.29) is 16.6 Å². The normalized spacial score (nSPS) is 13.5. The van der Waals surface area contributed by atoms with Gasteiger partial charge in [-0.05, 0) is 55.8 Å². The minimum atomic E-state index is -0.600. The highest BCUT2D eigenvalue weighted by molar-refractivity contribution is 6.53. The molecule has 7 heteroatoms. The summed E-state index contributed by atoms with van der Waals surface area (Å²) in [5.41, 5.74) is 3.92. The van der Waals surface area contributed by atoms with Gasteiger partial charge in [-0.3, -0.25) is 14.4 Å². The van der Waals surface area contributed by atoms with Crippen molar-refractivity contribution in [3.63, 3.8) is 0 Å². The number of carbonyl (C=O) groups excluding carboxylic acids is 3. The molecule has 3 amide bonds. The van der Waals surface area contributed by atoms with Gasteiger partial charge in [-0.1, -0.05) is 53.6 Å². The highest BCUT2D eigenvalue weighted by Crippen LogP contribution is 2.30. The summed E-state index contributed by atoms with van der Waals surface area (Å²) >= 11 is 6.20. The number of nitrogens with zero attached hydrogens (tertiary/aromatic N) is 1. The lowest BCUT2D eigenvalue weighted by Gasteiger charge is -2.15. The molecule has 0 aliphatic carbocycles. The van der Waals surface area contributed by atoms with E-state index in [2.05, 4.69) is 10.6 Å². The molecule has 0 saturated heterocycles. The molecule has 32 heavy (non-hydrogen) atoms. The van der Waals surface area contributed by atoms with E-state index in [1.54, 1.807) is 36.4 Å². The van der Waals surface area contributed by atoms with Gasteiger partial charge in [-0.25, -0.2) is 4.90 Å². The quantitative estimate of drug-likeness (QED) is 0.542. The lowest BCUT2D eigenvalue weighted by Crippen LogP contribution is -2.32. The molecule has 4 rings (SSSR count). The molecule has 0 unspecified atom stereocenters. The van der Waals surface area contributed by atoms with Crippen LogP contribution in [0.5, 0.6) is 0 Å². The van der Waals surface area contributed by atoms with Gasteiger partial charge < -0.3 is 10.6 Å². The Kier molecular flexibility index (Phi) is 5.79. The number of anilines is 3. The van der Waals surface area contributed by atoms with Crippen molar-refractivity contribution >= 4 is 46.4 Å². The third kappa shape index (κ3) is 4.13. The molecule has 3 aromatic rings. The molecular formula is C25H20ClN3O3. The first kappa shape index (κ1) is 21.3. The fourth-order valence-electron chi connectivity index (χ4n) is 3.33. The van der Waals surface area contributed by atoms with E-state index < -0.39 is 11.8 Å².